The van der Waals surface area contributed by atoms with E-state index < -0.39 is 0 Å². The summed E-state index contributed by atoms with van der Waals surface area (Å²) in [6.45, 7) is 5.09. The first-order valence-electron chi connectivity index (χ1n) is 5.61. The Labute approximate surface area is 85.5 Å². The maximum absolute atomic E-state index is 5.45. The molecule has 14 heavy (non-hydrogen) atoms. The van der Waals surface area contributed by atoms with Crippen molar-refractivity contribution in [1.82, 2.24) is 10.3 Å². The largest absolute Gasteiger partial charge is 0.342 e. The van der Waals surface area contributed by atoms with Gasteiger partial charge >= 0.3 is 0 Å². The van der Waals surface area contributed by atoms with E-state index in [9.17, 15) is 0 Å². The zero-order valence-corrected chi connectivity index (χ0v) is 8.87. The summed E-state index contributed by atoms with van der Waals surface area (Å²) in [5, 5.41) is 0. The number of hydrogen-bond donors (Lipinski definition) is 2. The van der Waals surface area contributed by atoms with Crippen molar-refractivity contribution in [2.75, 3.05) is 19.6 Å². The Balaban J connectivity index is 1.89. The third-order valence-electron chi connectivity index (χ3n) is 3.25. The average Bonchev–Trinajstić information content (AvgIpc) is 2.94. The highest BCUT2D eigenvalue weighted by molar-refractivity contribution is 5.79. The molecule has 3 N–H and O–H groups in total. The lowest BCUT2D eigenvalue weighted by atomic mass is 10.0. The van der Waals surface area contributed by atoms with Gasteiger partial charge in [-0.2, -0.15) is 0 Å². The molecule has 0 aromatic carbocycles. The molecule has 1 aliphatic heterocycles. The number of nitrogens with one attached hydrogen (secondary N) is 1. The van der Waals surface area contributed by atoms with E-state index in [1.807, 2.05) is 6.92 Å². The third-order valence-corrected chi connectivity index (χ3v) is 3.25. The summed E-state index contributed by atoms with van der Waals surface area (Å²) in [6, 6.07) is 0. The molecule has 0 bridgehead atoms. The van der Waals surface area contributed by atoms with Crippen LogP contribution in [0.3, 0.4) is 0 Å². The second-order valence-corrected chi connectivity index (χ2v) is 4.27. The highest BCUT2D eigenvalue weighted by atomic mass is 15.4. The Morgan fingerprint density at radius 1 is 1.43 bits per heavy atom. The van der Waals surface area contributed by atoms with Gasteiger partial charge in [-0.05, 0) is 38.0 Å². The van der Waals surface area contributed by atoms with Crippen LogP contribution in [0.5, 0.6) is 0 Å². The van der Waals surface area contributed by atoms with E-state index in [1.54, 1.807) is 0 Å². The Kier molecular flexibility index (Phi) is 2.91. The van der Waals surface area contributed by atoms with Crippen LogP contribution < -0.4 is 11.3 Å². The number of hydrogen-bond acceptors (Lipinski definition) is 2. The van der Waals surface area contributed by atoms with Crippen LogP contribution in [0.2, 0.25) is 0 Å². The van der Waals surface area contributed by atoms with E-state index in [2.05, 4.69) is 15.3 Å². The van der Waals surface area contributed by atoms with Crippen LogP contribution in [0.15, 0.2) is 4.99 Å². The van der Waals surface area contributed by atoms with Gasteiger partial charge in [0.1, 0.15) is 0 Å². The highest BCUT2D eigenvalue weighted by Crippen LogP contribution is 2.41. The van der Waals surface area contributed by atoms with Gasteiger partial charge < -0.3 is 4.90 Å². The molecule has 0 spiro atoms. The Morgan fingerprint density at radius 3 is 2.79 bits per heavy atom. The third kappa shape index (κ3) is 2.00. The van der Waals surface area contributed by atoms with Crippen molar-refractivity contribution >= 4 is 5.96 Å². The van der Waals surface area contributed by atoms with Crippen molar-refractivity contribution in [2.45, 2.75) is 26.2 Å². The fourth-order valence-corrected chi connectivity index (χ4v) is 2.32. The van der Waals surface area contributed by atoms with Crippen molar-refractivity contribution in [3.63, 3.8) is 0 Å². The first kappa shape index (κ1) is 9.77. The molecule has 0 aromatic heterocycles. The molecule has 0 amide bonds. The number of rotatable bonds is 2. The fourth-order valence-electron chi connectivity index (χ4n) is 2.32. The lowest BCUT2D eigenvalue weighted by molar-refractivity contribution is 0.436. The molecule has 0 aromatic rings. The smallest absolute Gasteiger partial charge is 0.208 e. The molecule has 1 unspecified atom stereocenters. The quantitative estimate of drug-likeness (QED) is 0.294. The van der Waals surface area contributed by atoms with Crippen molar-refractivity contribution in [3.05, 3.63) is 0 Å². The van der Waals surface area contributed by atoms with Gasteiger partial charge in [0.05, 0.1) is 0 Å². The minimum atomic E-state index is 0.796. The predicted molar refractivity (Wildman–Crippen MR) is 57.7 cm³/mol. The van der Waals surface area contributed by atoms with Gasteiger partial charge in [0.2, 0.25) is 5.96 Å². The number of hydrazine groups is 1. The van der Waals surface area contributed by atoms with Gasteiger partial charge in [-0.3, -0.25) is 10.4 Å². The molecule has 4 nitrogen and oxygen atoms in total. The van der Waals surface area contributed by atoms with E-state index in [4.69, 9.17) is 5.84 Å². The lowest BCUT2D eigenvalue weighted by Crippen LogP contribution is -2.43. The number of guanidine groups is 1. The van der Waals surface area contributed by atoms with Crippen LogP contribution >= 0.6 is 0 Å². The molecule has 0 radical (unpaired) electrons. The molecule has 1 heterocycles. The zero-order chi connectivity index (χ0) is 9.97. The summed E-state index contributed by atoms with van der Waals surface area (Å²) >= 11 is 0. The topological polar surface area (TPSA) is 53.6 Å². The van der Waals surface area contributed by atoms with E-state index in [-0.39, 0.29) is 0 Å². The molecular weight excluding hydrogens is 176 g/mol. The Hall–Kier alpha value is -0.770. The number of aliphatic imine (C=N–C) groups is 1. The van der Waals surface area contributed by atoms with Crippen LogP contribution in [-0.2, 0) is 0 Å². The second kappa shape index (κ2) is 4.17. The van der Waals surface area contributed by atoms with Crippen LogP contribution in [0, 0.1) is 11.8 Å². The monoisotopic (exact) mass is 196 g/mol. The van der Waals surface area contributed by atoms with Gasteiger partial charge in [0.15, 0.2) is 0 Å². The van der Waals surface area contributed by atoms with Crippen molar-refractivity contribution in [1.29, 1.82) is 0 Å². The molecule has 1 aliphatic carbocycles. The van der Waals surface area contributed by atoms with Gasteiger partial charge in [-0.25, -0.2) is 5.84 Å². The van der Waals surface area contributed by atoms with E-state index in [0.29, 0.717) is 0 Å². The van der Waals surface area contributed by atoms with Gasteiger partial charge in [0.25, 0.3) is 0 Å². The van der Waals surface area contributed by atoms with Crippen molar-refractivity contribution < 1.29 is 0 Å². The molecule has 4 heteroatoms. The van der Waals surface area contributed by atoms with E-state index in [0.717, 1.165) is 37.4 Å². The molecule has 80 valence electrons. The summed E-state index contributed by atoms with van der Waals surface area (Å²) in [4.78, 5) is 6.63. The maximum atomic E-state index is 5.45. The van der Waals surface area contributed by atoms with Gasteiger partial charge in [0, 0.05) is 19.6 Å². The standard InChI is InChI=1S/C10H20N4/c1-2-12-10(13-11)14-6-5-9(7-14)8-3-4-8/h8-9H,2-7,11H2,1H3,(H,12,13). The predicted octanol–water partition coefficient (Wildman–Crippen LogP) is 0.558. The lowest BCUT2D eigenvalue weighted by Gasteiger charge is -2.19. The Morgan fingerprint density at radius 2 is 2.21 bits per heavy atom. The van der Waals surface area contributed by atoms with E-state index >= 15 is 0 Å². The average molecular weight is 196 g/mol. The zero-order valence-electron chi connectivity index (χ0n) is 8.87. The van der Waals surface area contributed by atoms with Crippen LogP contribution in [-0.4, -0.2) is 30.5 Å². The van der Waals surface area contributed by atoms with Crippen LogP contribution in [0.1, 0.15) is 26.2 Å². The van der Waals surface area contributed by atoms with Crippen LogP contribution in [0.4, 0.5) is 0 Å². The number of nitrogens with zero attached hydrogens (tertiary/aromatic N) is 2. The van der Waals surface area contributed by atoms with Gasteiger partial charge in [-0.1, -0.05) is 0 Å². The molecule has 2 aliphatic rings. The number of likely N-dealkylation sites (tertiary alicyclic amines) is 1. The molecular formula is C10H20N4. The fraction of sp³-hybridized carbons (Fsp3) is 0.900. The first-order valence-corrected chi connectivity index (χ1v) is 5.61. The number of nitrogens with two attached hydrogens (primary N) is 1. The second-order valence-electron chi connectivity index (χ2n) is 4.27. The highest BCUT2D eigenvalue weighted by Gasteiger charge is 2.36. The first-order chi connectivity index (χ1) is 6.85. The molecule has 2 rings (SSSR count). The summed E-state index contributed by atoms with van der Waals surface area (Å²) in [7, 11) is 0. The minimum Gasteiger partial charge on any atom is -0.342 e. The minimum absolute atomic E-state index is 0.796. The molecule has 1 saturated heterocycles. The van der Waals surface area contributed by atoms with Crippen LogP contribution in [0.25, 0.3) is 0 Å². The summed E-state index contributed by atoms with van der Waals surface area (Å²) in [5.74, 6) is 8.22. The van der Waals surface area contributed by atoms with Crippen molar-refractivity contribution in [3.8, 4) is 0 Å². The molecule has 1 atom stereocenters. The van der Waals surface area contributed by atoms with E-state index in [1.165, 1.54) is 19.3 Å². The summed E-state index contributed by atoms with van der Waals surface area (Å²) in [6.07, 6.45) is 4.19. The maximum Gasteiger partial charge on any atom is 0.208 e. The molecule has 1 saturated carbocycles. The SMILES string of the molecule is CCN=C(NN)N1CCC(C2CC2)C1. The normalized spacial score (nSPS) is 28.3. The molecule has 2 fully saturated rings. The Bertz CT molecular complexity index is 222. The van der Waals surface area contributed by atoms with Crippen molar-refractivity contribution in [2.24, 2.45) is 22.7 Å². The van der Waals surface area contributed by atoms with Gasteiger partial charge in [-0.15, -0.1) is 0 Å². The summed E-state index contributed by atoms with van der Waals surface area (Å²) in [5.41, 5.74) is 2.70. The summed E-state index contributed by atoms with van der Waals surface area (Å²) < 4.78 is 0.